The van der Waals surface area contributed by atoms with E-state index in [0.717, 1.165) is 86.3 Å². The van der Waals surface area contributed by atoms with Crippen molar-refractivity contribution in [3.63, 3.8) is 0 Å². The quantitative estimate of drug-likeness (QED) is 0.172. The molecule has 3 aliphatic rings. The summed E-state index contributed by atoms with van der Waals surface area (Å²) in [5.41, 5.74) is 7.66. The second-order valence-corrected chi connectivity index (χ2v) is 14.8. The number of benzene rings is 3. The van der Waals surface area contributed by atoms with Gasteiger partial charge in [0.2, 0.25) is 5.91 Å². The Bertz CT molecular complexity index is 1580. The van der Waals surface area contributed by atoms with Crippen molar-refractivity contribution in [3.05, 3.63) is 94.5 Å². The van der Waals surface area contributed by atoms with Crippen LogP contribution in [0.3, 0.4) is 0 Å². The average molecular weight is 730 g/mol. The Morgan fingerprint density at radius 3 is 2.06 bits per heavy atom. The highest BCUT2D eigenvalue weighted by Gasteiger charge is 2.39. The van der Waals surface area contributed by atoms with Gasteiger partial charge in [0, 0.05) is 82.8 Å². The third-order valence-corrected chi connectivity index (χ3v) is 11.3. The lowest BCUT2D eigenvalue weighted by molar-refractivity contribution is -0.268. The Balaban J connectivity index is 0.00000102. The predicted octanol–water partition coefficient (Wildman–Crippen LogP) is 6.74. The summed E-state index contributed by atoms with van der Waals surface area (Å²) in [5, 5.41) is 3.20. The molecule has 0 saturated carbocycles. The number of piperidine rings is 2. The molecule has 53 heavy (non-hydrogen) atoms. The SMILES string of the molecule is CCOOC.CNc1cc(C)c(C(=O)N2CCC(C)(N3CCC(N(Cc4ccccc4)c4ccc(CC(=O)N5CCOCC5)cc4)CC3)CC2)c(C)c1.[HH]. The number of likely N-dealkylation sites (tertiary alicyclic amines) is 2. The van der Waals surface area contributed by atoms with Gasteiger partial charge in [-0.05, 0) is 99.9 Å². The van der Waals surface area contributed by atoms with Crippen LogP contribution in [0.4, 0.5) is 11.4 Å². The van der Waals surface area contributed by atoms with E-state index in [1.807, 2.05) is 32.7 Å². The molecule has 0 aliphatic carbocycles. The van der Waals surface area contributed by atoms with Crippen molar-refractivity contribution in [2.45, 2.75) is 77.9 Å². The van der Waals surface area contributed by atoms with E-state index in [4.69, 9.17) is 4.74 Å². The van der Waals surface area contributed by atoms with Crippen molar-refractivity contribution in [3.8, 4) is 0 Å². The number of rotatable bonds is 11. The molecule has 3 saturated heterocycles. The summed E-state index contributed by atoms with van der Waals surface area (Å²) >= 11 is 0. The molecular weight excluding hydrogens is 667 g/mol. The van der Waals surface area contributed by atoms with Crippen LogP contribution >= 0.6 is 0 Å². The van der Waals surface area contributed by atoms with Crippen LogP contribution in [0.25, 0.3) is 0 Å². The topological polar surface area (TPSA) is 86.8 Å². The molecule has 3 heterocycles. The van der Waals surface area contributed by atoms with Gasteiger partial charge in [0.25, 0.3) is 5.91 Å². The summed E-state index contributed by atoms with van der Waals surface area (Å²) in [5.74, 6) is 0.345. The van der Waals surface area contributed by atoms with Gasteiger partial charge in [-0.15, -0.1) is 0 Å². The number of ether oxygens (including phenoxy) is 1. The van der Waals surface area contributed by atoms with Crippen LogP contribution in [0, 0.1) is 13.8 Å². The van der Waals surface area contributed by atoms with Gasteiger partial charge in [-0.2, -0.15) is 0 Å². The minimum absolute atomic E-state index is 0. The molecule has 0 radical (unpaired) electrons. The molecule has 290 valence electrons. The molecule has 1 N–H and O–H groups in total. The number of carbonyl (C=O) groups excluding carboxylic acids is 2. The normalized spacial score (nSPS) is 17.8. The van der Waals surface area contributed by atoms with E-state index < -0.39 is 0 Å². The van der Waals surface area contributed by atoms with Crippen molar-refractivity contribution in [1.82, 2.24) is 14.7 Å². The zero-order chi connectivity index (χ0) is 37.8. The molecule has 0 atom stereocenters. The Hall–Kier alpha value is -3.96. The molecule has 0 unspecified atom stereocenters. The first-order chi connectivity index (χ1) is 25.6. The van der Waals surface area contributed by atoms with Crippen LogP contribution in [0.5, 0.6) is 0 Å². The summed E-state index contributed by atoms with van der Waals surface area (Å²) in [6.07, 6.45) is 4.61. The molecular formula is C43H63N5O5. The fourth-order valence-electron chi connectivity index (χ4n) is 8.06. The molecule has 3 aliphatic heterocycles. The Kier molecular flexibility index (Phi) is 14.7. The fraction of sp³-hybridized carbons (Fsp3) is 0.535. The van der Waals surface area contributed by atoms with Crippen LogP contribution in [-0.4, -0.2) is 111 Å². The summed E-state index contributed by atoms with van der Waals surface area (Å²) < 4.78 is 5.42. The van der Waals surface area contributed by atoms with E-state index in [1.165, 1.54) is 18.4 Å². The van der Waals surface area contributed by atoms with Crippen molar-refractivity contribution in [2.75, 3.05) is 83.5 Å². The first-order valence-electron chi connectivity index (χ1n) is 19.4. The molecule has 0 spiro atoms. The Labute approximate surface area is 318 Å². The summed E-state index contributed by atoms with van der Waals surface area (Å²) in [4.78, 5) is 44.3. The average Bonchev–Trinajstić information content (AvgIpc) is 3.18. The highest BCUT2D eigenvalue weighted by atomic mass is 17.2. The number of nitrogens with zero attached hydrogens (tertiary/aromatic N) is 4. The number of carbonyl (C=O) groups is 2. The summed E-state index contributed by atoms with van der Waals surface area (Å²) in [7, 11) is 3.41. The van der Waals surface area contributed by atoms with E-state index in [9.17, 15) is 9.59 Å². The molecule has 3 aromatic rings. The summed E-state index contributed by atoms with van der Waals surface area (Å²) in [6.45, 7) is 16.2. The largest absolute Gasteiger partial charge is 0.388 e. The highest BCUT2D eigenvalue weighted by molar-refractivity contribution is 5.97. The molecule has 3 aromatic carbocycles. The van der Waals surface area contributed by atoms with E-state index in [-0.39, 0.29) is 18.8 Å². The molecule has 2 amide bonds. The number of amides is 2. The van der Waals surface area contributed by atoms with Gasteiger partial charge < -0.3 is 24.8 Å². The molecule has 10 heteroatoms. The van der Waals surface area contributed by atoms with Gasteiger partial charge in [0.15, 0.2) is 0 Å². The summed E-state index contributed by atoms with van der Waals surface area (Å²) in [6, 6.07) is 24.0. The minimum atomic E-state index is 0. The van der Waals surface area contributed by atoms with Crippen LogP contribution in [0.2, 0.25) is 0 Å². The van der Waals surface area contributed by atoms with Gasteiger partial charge in [-0.3, -0.25) is 14.5 Å². The van der Waals surface area contributed by atoms with Gasteiger partial charge in [-0.25, -0.2) is 9.78 Å². The van der Waals surface area contributed by atoms with E-state index >= 15 is 0 Å². The number of hydrogen-bond acceptors (Lipinski definition) is 8. The maximum Gasteiger partial charge on any atom is 0.254 e. The molecule has 3 fully saturated rings. The monoisotopic (exact) mass is 729 g/mol. The van der Waals surface area contributed by atoms with Gasteiger partial charge in [0.1, 0.15) is 0 Å². The fourth-order valence-corrected chi connectivity index (χ4v) is 8.06. The number of aryl methyl sites for hydroxylation is 2. The van der Waals surface area contributed by atoms with Crippen LogP contribution in [-0.2, 0) is 32.3 Å². The first-order valence-corrected chi connectivity index (χ1v) is 19.4. The number of anilines is 2. The second-order valence-electron chi connectivity index (χ2n) is 14.8. The molecule has 6 rings (SSSR count). The van der Waals surface area contributed by atoms with Crippen molar-refractivity contribution in [1.29, 1.82) is 0 Å². The first kappa shape index (κ1) is 40.2. The number of hydrogen-bond donors (Lipinski definition) is 1. The standard InChI is InChI=1S/C40H53N5O3.C3H8O2.H2/c1-30-26-34(41-4)27-31(2)38(30)39(47)43-20-16-40(3,17-21-43)44-18-14-36(15-19-44)45(29-33-8-6-5-7-9-33)35-12-10-32(11-13-35)28-37(46)42-22-24-48-25-23-42;1-3-5-4-2;/h5-13,26-27,36,41H,14-25,28-29H2,1-4H3;3H2,1-2H3;1H. The minimum Gasteiger partial charge on any atom is -0.388 e. The lowest BCUT2D eigenvalue weighted by Crippen LogP contribution is -2.58. The number of nitrogens with one attached hydrogen (secondary N) is 1. The molecule has 10 nitrogen and oxygen atoms in total. The van der Waals surface area contributed by atoms with E-state index in [0.29, 0.717) is 45.4 Å². The maximum atomic E-state index is 13.6. The Morgan fingerprint density at radius 2 is 1.51 bits per heavy atom. The smallest absolute Gasteiger partial charge is 0.254 e. The van der Waals surface area contributed by atoms with Crippen LogP contribution in [0.1, 0.15) is 73.6 Å². The van der Waals surface area contributed by atoms with Crippen molar-refractivity contribution in [2.24, 2.45) is 0 Å². The lowest BCUT2D eigenvalue weighted by Gasteiger charge is -2.50. The van der Waals surface area contributed by atoms with E-state index in [1.54, 1.807) is 0 Å². The maximum absolute atomic E-state index is 13.6. The molecule has 0 aromatic heterocycles. The second kappa shape index (κ2) is 19.4. The van der Waals surface area contributed by atoms with Crippen molar-refractivity contribution >= 4 is 23.2 Å². The number of morpholine rings is 1. The highest BCUT2D eigenvalue weighted by Crippen LogP contribution is 2.35. The van der Waals surface area contributed by atoms with Crippen LogP contribution < -0.4 is 10.2 Å². The van der Waals surface area contributed by atoms with Gasteiger partial charge >= 0.3 is 0 Å². The third kappa shape index (κ3) is 10.6. The van der Waals surface area contributed by atoms with Crippen LogP contribution in [0.15, 0.2) is 66.7 Å². The van der Waals surface area contributed by atoms with E-state index in [2.05, 4.69) is 103 Å². The third-order valence-electron chi connectivity index (χ3n) is 11.3. The zero-order valence-corrected chi connectivity index (χ0v) is 32.9. The van der Waals surface area contributed by atoms with Crippen molar-refractivity contribution < 1.29 is 25.5 Å². The predicted molar refractivity (Wildman–Crippen MR) is 215 cm³/mol. The zero-order valence-electron chi connectivity index (χ0n) is 32.9. The van der Waals surface area contributed by atoms with Gasteiger partial charge in [0.05, 0.1) is 33.4 Å². The van der Waals surface area contributed by atoms with Gasteiger partial charge in [-0.1, -0.05) is 42.5 Å². The lowest BCUT2D eigenvalue weighted by atomic mass is 9.85. The Morgan fingerprint density at radius 1 is 0.887 bits per heavy atom. The molecule has 0 bridgehead atoms.